The molecular formula is C23H28ClFN4O5. The number of ether oxygens (including phenoxy) is 1. The molecule has 0 bridgehead atoms. The molecule has 4 N–H and O–H groups in total. The van der Waals surface area contributed by atoms with Crippen LogP contribution in [0.1, 0.15) is 19.4 Å². The number of amides is 4. The van der Waals surface area contributed by atoms with E-state index in [2.05, 4.69) is 10.6 Å². The van der Waals surface area contributed by atoms with Crippen LogP contribution in [0.4, 0.5) is 19.7 Å². The fraction of sp³-hybridized carbons (Fsp3) is 0.391. The maximum absolute atomic E-state index is 14.5. The lowest BCUT2D eigenvalue weighted by Crippen LogP contribution is -2.67. The number of nitrogens with one attached hydrogen (secondary N) is 2. The van der Waals surface area contributed by atoms with Crippen LogP contribution in [0.5, 0.6) is 5.75 Å². The first-order valence-corrected chi connectivity index (χ1v) is 11.2. The summed E-state index contributed by atoms with van der Waals surface area (Å²) in [6.07, 6.45) is -1.20. The molecule has 0 saturated carbocycles. The molecule has 0 spiro atoms. The molecule has 1 fully saturated rings. The zero-order valence-electron chi connectivity index (χ0n) is 18.9. The lowest BCUT2D eigenvalue weighted by atomic mass is 10.1. The van der Waals surface area contributed by atoms with Crippen molar-refractivity contribution in [2.45, 2.75) is 32.8 Å². The van der Waals surface area contributed by atoms with Gasteiger partial charge >= 0.3 is 12.1 Å². The molecule has 1 aliphatic rings. The van der Waals surface area contributed by atoms with E-state index in [1.165, 1.54) is 17.0 Å². The molecule has 0 radical (unpaired) electrons. The predicted molar refractivity (Wildman–Crippen MR) is 125 cm³/mol. The van der Waals surface area contributed by atoms with Gasteiger partial charge in [-0.1, -0.05) is 23.7 Å². The van der Waals surface area contributed by atoms with E-state index in [4.69, 9.17) is 16.3 Å². The molecule has 1 heterocycles. The fourth-order valence-electron chi connectivity index (χ4n) is 3.37. The molecule has 34 heavy (non-hydrogen) atoms. The van der Waals surface area contributed by atoms with E-state index in [0.29, 0.717) is 10.7 Å². The smallest absolute Gasteiger partial charge is 0.331 e. The molecular weight excluding hydrogens is 467 g/mol. The number of carbonyl (C=O) groups excluding carboxylic acids is 2. The van der Waals surface area contributed by atoms with Crippen LogP contribution in [0.15, 0.2) is 42.5 Å². The molecule has 1 atom stereocenters. The van der Waals surface area contributed by atoms with Gasteiger partial charge in [0, 0.05) is 42.5 Å². The Bertz CT molecular complexity index is 1000. The van der Waals surface area contributed by atoms with Crippen LogP contribution in [-0.2, 0) is 6.54 Å². The molecule has 11 heteroatoms. The normalized spacial score (nSPS) is 16.3. The van der Waals surface area contributed by atoms with Gasteiger partial charge in [-0.3, -0.25) is 10.2 Å². The van der Waals surface area contributed by atoms with Crippen LogP contribution in [0.25, 0.3) is 0 Å². The van der Waals surface area contributed by atoms with Gasteiger partial charge in [0.1, 0.15) is 0 Å². The van der Waals surface area contributed by atoms with Gasteiger partial charge in [-0.15, -0.1) is 0 Å². The number of urea groups is 2. The van der Waals surface area contributed by atoms with Gasteiger partial charge in [-0.2, -0.15) is 0 Å². The summed E-state index contributed by atoms with van der Waals surface area (Å²) in [5, 5.41) is 25.0. The monoisotopic (exact) mass is 494 g/mol. The van der Waals surface area contributed by atoms with Crippen molar-refractivity contribution in [3.63, 3.8) is 0 Å². The third-order valence-electron chi connectivity index (χ3n) is 5.11. The van der Waals surface area contributed by atoms with Crippen LogP contribution in [-0.4, -0.2) is 64.2 Å². The Labute approximate surface area is 202 Å². The molecule has 3 rings (SSSR count). The Morgan fingerprint density at radius 1 is 1.15 bits per heavy atom. The van der Waals surface area contributed by atoms with Crippen molar-refractivity contribution in [3.8, 4) is 5.75 Å². The van der Waals surface area contributed by atoms with Crippen LogP contribution in [0.3, 0.4) is 0 Å². The molecule has 1 unspecified atom stereocenters. The zero-order valence-corrected chi connectivity index (χ0v) is 19.6. The Kier molecular flexibility index (Phi) is 8.54. The summed E-state index contributed by atoms with van der Waals surface area (Å²) in [5.74, 6) is -1.18. The van der Waals surface area contributed by atoms with E-state index in [0.717, 1.165) is 10.5 Å². The van der Waals surface area contributed by atoms with E-state index in [1.807, 2.05) is 0 Å². The highest BCUT2D eigenvalue weighted by atomic mass is 35.5. The minimum atomic E-state index is -0.995. The van der Waals surface area contributed by atoms with E-state index < -0.39 is 43.3 Å². The average Bonchev–Trinajstić information content (AvgIpc) is 2.79. The van der Waals surface area contributed by atoms with Crippen molar-refractivity contribution in [2.75, 3.05) is 25.1 Å². The third-order valence-corrected chi connectivity index (χ3v) is 5.37. The fourth-order valence-corrected chi connectivity index (χ4v) is 3.50. The van der Waals surface area contributed by atoms with Crippen LogP contribution in [0.2, 0.25) is 5.02 Å². The Morgan fingerprint density at radius 2 is 1.82 bits per heavy atom. The first-order valence-electron chi connectivity index (χ1n) is 10.8. The summed E-state index contributed by atoms with van der Waals surface area (Å²) < 4.78 is 19.9. The summed E-state index contributed by atoms with van der Waals surface area (Å²) in [4.78, 5) is 28.3. The maximum atomic E-state index is 14.5. The predicted octanol–water partition coefficient (Wildman–Crippen LogP) is 3.21. The van der Waals surface area contributed by atoms with Crippen molar-refractivity contribution in [3.05, 3.63) is 58.9 Å². The largest absolute Gasteiger partial charge is 0.488 e. The number of hydrogen-bond donors (Lipinski definition) is 4. The van der Waals surface area contributed by atoms with E-state index in [9.17, 15) is 24.2 Å². The van der Waals surface area contributed by atoms with Gasteiger partial charge in [-0.05, 0) is 43.7 Å². The standard InChI is InChI=1S/C23H28ClFN4O5/c1-14(2)34-20-8-7-18(9-19(20)25)26-21-27-22(32)29(11-16(12-30)13-31)23(33)28(21)10-15-3-5-17(24)6-4-15/h3-9,14,16,21,26,30-31H,10-13H2,1-2H3,(H,27,32). The second kappa shape index (κ2) is 11.4. The molecule has 9 nitrogen and oxygen atoms in total. The lowest BCUT2D eigenvalue weighted by molar-refractivity contribution is 0.0826. The Hall–Kier alpha value is -3.08. The summed E-state index contributed by atoms with van der Waals surface area (Å²) in [7, 11) is 0. The number of benzene rings is 2. The van der Waals surface area contributed by atoms with Crippen LogP contribution >= 0.6 is 11.6 Å². The van der Waals surface area contributed by atoms with E-state index >= 15 is 0 Å². The number of imide groups is 1. The lowest BCUT2D eigenvalue weighted by Gasteiger charge is -2.42. The zero-order chi connectivity index (χ0) is 24.8. The van der Waals surface area contributed by atoms with E-state index in [-0.39, 0.29) is 24.9 Å². The summed E-state index contributed by atoms with van der Waals surface area (Å²) >= 11 is 5.96. The number of carbonyl (C=O) groups is 2. The molecule has 0 aliphatic carbocycles. The van der Waals surface area contributed by atoms with Crippen molar-refractivity contribution in [1.29, 1.82) is 0 Å². The van der Waals surface area contributed by atoms with Gasteiger partial charge < -0.3 is 20.3 Å². The van der Waals surface area contributed by atoms with Gasteiger partial charge in [0.05, 0.1) is 12.6 Å². The second-order valence-corrected chi connectivity index (χ2v) is 8.62. The van der Waals surface area contributed by atoms with Crippen molar-refractivity contribution in [2.24, 2.45) is 5.92 Å². The summed E-state index contributed by atoms with van der Waals surface area (Å²) in [6.45, 7) is 2.72. The molecule has 1 saturated heterocycles. The van der Waals surface area contributed by atoms with Crippen LogP contribution in [0, 0.1) is 11.7 Å². The first-order chi connectivity index (χ1) is 16.2. The number of aliphatic hydroxyl groups excluding tert-OH is 2. The molecule has 0 aromatic heterocycles. The second-order valence-electron chi connectivity index (χ2n) is 8.19. The average molecular weight is 495 g/mol. The van der Waals surface area contributed by atoms with Gasteiger partial charge in [-0.25, -0.2) is 18.9 Å². The molecule has 4 amide bonds. The maximum Gasteiger partial charge on any atom is 0.331 e. The van der Waals surface area contributed by atoms with Crippen molar-refractivity contribution in [1.82, 2.24) is 15.1 Å². The van der Waals surface area contributed by atoms with Crippen molar-refractivity contribution >= 4 is 29.4 Å². The summed E-state index contributed by atoms with van der Waals surface area (Å²) in [6, 6.07) is 9.77. The van der Waals surface area contributed by atoms with E-state index in [1.54, 1.807) is 44.2 Å². The first kappa shape index (κ1) is 25.5. The molecule has 2 aromatic rings. The highest BCUT2D eigenvalue weighted by Crippen LogP contribution is 2.25. The highest BCUT2D eigenvalue weighted by Gasteiger charge is 2.39. The number of nitrogens with zero attached hydrogens (tertiary/aromatic N) is 2. The SMILES string of the molecule is CC(C)Oc1ccc(NC2NC(=O)N(CC(CO)CO)C(=O)N2Cc2ccc(Cl)cc2)cc1F. The molecule has 1 aliphatic heterocycles. The number of anilines is 1. The Balaban J connectivity index is 1.86. The molecule has 2 aromatic carbocycles. The number of hydrogen-bond acceptors (Lipinski definition) is 6. The van der Waals surface area contributed by atoms with Gasteiger partial charge in [0.15, 0.2) is 17.9 Å². The third kappa shape index (κ3) is 6.28. The number of halogens is 2. The highest BCUT2D eigenvalue weighted by molar-refractivity contribution is 6.30. The number of rotatable bonds is 10. The minimum Gasteiger partial charge on any atom is -0.488 e. The number of aliphatic hydroxyl groups is 2. The Morgan fingerprint density at radius 3 is 2.41 bits per heavy atom. The van der Waals surface area contributed by atoms with Crippen LogP contribution < -0.4 is 15.4 Å². The van der Waals surface area contributed by atoms with Gasteiger partial charge in [0.25, 0.3) is 0 Å². The topological polar surface area (TPSA) is 114 Å². The quantitative estimate of drug-likeness (QED) is 0.403. The van der Waals surface area contributed by atoms with Gasteiger partial charge in [0.2, 0.25) is 0 Å². The minimum absolute atomic E-state index is 0.0903. The summed E-state index contributed by atoms with van der Waals surface area (Å²) in [5.41, 5.74) is 1.07. The van der Waals surface area contributed by atoms with Crippen molar-refractivity contribution < 1.29 is 28.9 Å². The molecule has 184 valence electrons.